The number of ether oxygens (including phenoxy) is 1. The number of carbonyl (C=O) groups excluding carboxylic acids is 2. The van der Waals surface area contributed by atoms with Crippen molar-refractivity contribution < 1.29 is 14.3 Å². The minimum atomic E-state index is -0.525. The van der Waals surface area contributed by atoms with Crippen LogP contribution in [0.3, 0.4) is 0 Å². The molecule has 134 valence electrons. The van der Waals surface area contributed by atoms with E-state index in [1.165, 1.54) is 0 Å². The van der Waals surface area contributed by atoms with E-state index < -0.39 is 12.0 Å². The number of rotatable bonds is 5. The summed E-state index contributed by atoms with van der Waals surface area (Å²) >= 11 is 2.21. The zero-order valence-electron chi connectivity index (χ0n) is 14.3. The molecule has 2 amide bonds. The van der Waals surface area contributed by atoms with Gasteiger partial charge in [0.25, 0.3) is 0 Å². The molecule has 0 spiro atoms. The van der Waals surface area contributed by atoms with Gasteiger partial charge in [0, 0.05) is 15.7 Å². The first-order chi connectivity index (χ1) is 12.5. The molecule has 0 bridgehead atoms. The highest BCUT2D eigenvalue weighted by molar-refractivity contribution is 14.1. The van der Waals surface area contributed by atoms with E-state index >= 15 is 0 Å². The quantitative estimate of drug-likeness (QED) is 0.526. The van der Waals surface area contributed by atoms with Crippen molar-refractivity contribution in [2.75, 3.05) is 6.61 Å². The largest absolute Gasteiger partial charge is 0.462 e. The van der Waals surface area contributed by atoms with Gasteiger partial charge >= 0.3 is 12.0 Å². The van der Waals surface area contributed by atoms with Gasteiger partial charge in [-0.2, -0.15) is 0 Å². The zero-order valence-corrected chi connectivity index (χ0v) is 16.4. The third-order valence-corrected chi connectivity index (χ3v) is 4.81. The van der Waals surface area contributed by atoms with Crippen molar-refractivity contribution in [3.63, 3.8) is 0 Å². The van der Waals surface area contributed by atoms with Gasteiger partial charge in [0.05, 0.1) is 18.2 Å². The number of hydrogen-bond donors (Lipinski definition) is 2. The molecule has 0 saturated heterocycles. The molecular weight excluding hydrogens is 443 g/mol. The first kappa shape index (κ1) is 18.4. The Balaban J connectivity index is 1.76. The molecule has 1 aliphatic rings. The normalized spacial score (nSPS) is 16.7. The second-order valence-electron chi connectivity index (χ2n) is 6.00. The lowest BCUT2D eigenvalue weighted by Gasteiger charge is -2.28. The number of halogens is 1. The fraction of sp³-hybridized carbons (Fsp3) is 0.200. The standard InChI is InChI=1S/C20H19IN2O3/c1-13-17(19(24)26-11-10-14-6-3-2-4-7-14)18(23-20(25)22-13)15-8-5-9-16(21)12-15/h2-9,12,18H,10-11H2,1H3,(H2,22,23,25)/t18-/m1/s1. The number of esters is 1. The second kappa shape index (κ2) is 8.35. The highest BCUT2D eigenvalue weighted by Crippen LogP contribution is 2.28. The summed E-state index contributed by atoms with van der Waals surface area (Å²) in [4.78, 5) is 24.6. The van der Waals surface area contributed by atoms with Crippen LogP contribution in [-0.2, 0) is 16.0 Å². The molecule has 0 aromatic heterocycles. The van der Waals surface area contributed by atoms with Crippen LogP contribution in [0, 0.1) is 3.57 Å². The molecule has 1 aliphatic heterocycles. The van der Waals surface area contributed by atoms with Gasteiger partial charge in [-0.15, -0.1) is 0 Å². The Kier molecular flexibility index (Phi) is 5.92. The Labute approximate surface area is 166 Å². The number of allylic oxidation sites excluding steroid dienone is 1. The molecule has 1 heterocycles. The Bertz CT molecular complexity index is 849. The molecule has 5 nitrogen and oxygen atoms in total. The van der Waals surface area contributed by atoms with Gasteiger partial charge in [-0.3, -0.25) is 0 Å². The summed E-state index contributed by atoms with van der Waals surface area (Å²) in [5, 5.41) is 5.48. The average molecular weight is 462 g/mol. The molecule has 3 rings (SSSR count). The highest BCUT2D eigenvalue weighted by Gasteiger charge is 2.32. The molecule has 2 aromatic carbocycles. The predicted molar refractivity (Wildman–Crippen MR) is 107 cm³/mol. The number of amides is 2. The third kappa shape index (κ3) is 4.43. The van der Waals surface area contributed by atoms with E-state index in [0.717, 1.165) is 14.7 Å². The summed E-state index contributed by atoms with van der Waals surface area (Å²) in [7, 11) is 0. The first-order valence-corrected chi connectivity index (χ1v) is 9.37. The number of hydrogen-bond acceptors (Lipinski definition) is 3. The fourth-order valence-electron chi connectivity index (χ4n) is 2.88. The SMILES string of the molecule is CC1=C(C(=O)OCCc2ccccc2)[C@@H](c2cccc(I)c2)NC(=O)N1. The van der Waals surface area contributed by atoms with Crippen molar-refractivity contribution in [1.29, 1.82) is 0 Å². The lowest BCUT2D eigenvalue weighted by molar-refractivity contribution is -0.139. The number of carbonyl (C=O) groups is 2. The van der Waals surface area contributed by atoms with Crippen LogP contribution in [0.1, 0.15) is 24.1 Å². The Morgan fingerprint density at radius 2 is 1.92 bits per heavy atom. The smallest absolute Gasteiger partial charge is 0.338 e. The molecule has 26 heavy (non-hydrogen) atoms. The minimum Gasteiger partial charge on any atom is -0.462 e. The first-order valence-electron chi connectivity index (χ1n) is 8.29. The van der Waals surface area contributed by atoms with E-state index in [2.05, 4.69) is 33.2 Å². The molecule has 2 aromatic rings. The van der Waals surface area contributed by atoms with Crippen molar-refractivity contribution in [3.05, 3.63) is 80.6 Å². The predicted octanol–water partition coefficient (Wildman–Crippen LogP) is 3.71. The number of urea groups is 1. The summed E-state index contributed by atoms with van der Waals surface area (Å²) in [5.41, 5.74) is 2.90. The monoisotopic (exact) mass is 462 g/mol. The molecule has 0 aliphatic carbocycles. The van der Waals surface area contributed by atoms with Crippen LogP contribution < -0.4 is 10.6 Å². The summed E-state index contributed by atoms with van der Waals surface area (Å²) in [6.45, 7) is 2.00. The van der Waals surface area contributed by atoms with Gasteiger partial charge in [-0.25, -0.2) is 9.59 Å². The summed E-state index contributed by atoms with van der Waals surface area (Å²) in [5.74, 6) is -0.421. The second-order valence-corrected chi connectivity index (χ2v) is 7.24. The Hall–Kier alpha value is -2.35. The van der Waals surface area contributed by atoms with Gasteiger partial charge in [-0.05, 0) is 52.8 Å². The molecule has 0 radical (unpaired) electrons. The molecule has 1 atom stereocenters. The molecule has 0 unspecified atom stereocenters. The van der Waals surface area contributed by atoms with Crippen LogP contribution in [-0.4, -0.2) is 18.6 Å². The van der Waals surface area contributed by atoms with E-state index in [4.69, 9.17) is 4.74 Å². The van der Waals surface area contributed by atoms with Crippen molar-refractivity contribution in [1.82, 2.24) is 10.6 Å². The number of benzene rings is 2. The van der Waals surface area contributed by atoms with E-state index in [1.807, 2.05) is 54.6 Å². The summed E-state index contributed by atoms with van der Waals surface area (Å²) in [6.07, 6.45) is 0.645. The van der Waals surface area contributed by atoms with E-state index in [-0.39, 0.29) is 12.6 Å². The van der Waals surface area contributed by atoms with E-state index in [0.29, 0.717) is 17.7 Å². The maximum Gasteiger partial charge on any atom is 0.338 e. The number of nitrogens with one attached hydrogen (secondary N) is 2. The van der Waals surface area contributed by atoms with Crippen LogP contribution >= 0.6 is 22.6 Å². The topological polar surface area (TPSA) is 67.4 Å². The summed E-state index contributed by atoms with van der Waals surface area (Å²) < 4.78 is 6.51. The lowest BCUT2D eigenvalue weighted by atomic mass is 9.96. The maximum absolute atomic E-state index is 12.7. The van der Waals surface area contributed by atoms with Crippen molar-refractivity contribution in [2.24, 2.45) is 0 Å². The van der Waals surface area contributed by atoms with Crippen LogP contribution in [0.15, 0.2) is 65.9 Å². The van der Waals surface area contributed by atoms with Crippen molar-refractivity contribution in [3.8, 4) is 0 Å². The minimum absolute atomic E-state index is 0.284. The zero-order chi connectivity index (χ0) is 18.5. The van der Waals surface area contributed by atoms with Crippen LogP contribution in [0.25, 0.3) is 0 Å². The Morgan fingerprint density at radius 3 is 2.65 bits per heavy atom. The van der Waals surface area contributed by atoms with Gasteiger partial charge in [0.1, 0.15) is 0 Å². The third-order valence-electron chi connectivity index (χ3n) is 4.14. The van der Waals surface area contributed by atoms with Crippen LogP contribution in [0.2, 0.25) is 0 Å². The Morgan fingerprint density at radius 1 is 1.15 bits per heavy atom. The lowest BCUT2D eigenvalue weighted by Crippen LogP contribution is -2.45. The summed E-state index contributed by atoms with van der Waals surface area (Å²) in [6, 6.07) is 16.7. The van der Waals surface area contributed by atoms with Gasteiger partial charge in [0.15, 0.2) is 0 Å². The molecule has 0 saturated carbocycles. The average Bonchev–Trinajstić information content (AvgIpc) is 2.62. The highest BCUT2D eigenvalue weighted by atomic mass is 127. The molecular formula is C20H19IN2O3. The molecule has 6 heteroatoms. The van der Waals surface area contributed by atoms with E-state index in [1.54, 1.807) is 6.92 Å². The maximum atomic E-state index is 12.7. The molecule has 2 N–H and O–H groups in total. The van der Waals surface area contributed by atoms with Crippen molar-refractivity contribution in [2.45, 2.75) is 19.4 Å². The van der Waals surface area contributed by atoms with Crippen molar-refractivity contribution >= 4 is 34.6 Å². The van der Waals surface area contributed by atoms with Crippen LogP contribution in [0.5, 0.6) is 0 Å². The van der Waals surface area contributed by atoms with Gasteiger partial charge in [0.2, 0.25) is 0 Å². The van der Waals surface area contributed by atoms with E-state index in [9.17, 15) is 9.59 Å². The van der Waals surface area contributed by atoms with Gasteiger partial charge in [-0.1, -0.05) is 42.5 Å². The molecule has 0 fully saturated rings. The van der Waals surface area contributed by atoms with Crippen LogP contribution in [0.4, 0.5) is 4.79 Å². The van der Waals surface area contributed by atoms with Gasteiger partial charge < -0.3 is 15.4 Å². The fourth-order valence-corrected chi connectivity index (χ4v) is 3.45.